The molecule has 2 aliphatic rings. The van der Waals surface area contributed by atoms with Crippen molar-refractivity contribution in [3.8, 4) is 0 Å². The third-order valence-corrected chi connectivity index (χ3v) is 5.07. The van der Waals surface area contributed by atoms with E-state index < -0.39 is 0 Å². The van der Waals surface area contributed by atoms with Crippen molar-refractivity contribution in [2.45, 2.75) is 59.3 Å². The van der Waals surface area contributed by atoms with Gasteiger partial charge in [-0.05, 0) is 49.9 Å². The van der Waals surface area contributed by atoms with Crippen molar-refractivity contribution < 1.29 is 4.79 Å². The first kappa shape index (κ1) is 11.2. The molecule has 2 aliphatic carbocycles. The summed E-state index contributed by atoms with van der Waals surface area (Å²) in [5.41, 5.74) is 0.104. The standard InChI is InChI=1S/C14H24O/c1-10(2)12-7-6-11(3)14(9-12)8-4-5-13(14)15/h10-12H,4-9H2,1-3H3/t11?,12?,14-/m1/s1. The van der Waals surface area contributed by atoms with Crippen LogP contribution in [0.4, 0.5) is 0 Å². The van der Waals surface area contributed by atoms with Crippen LogP contribution in [0, 0.1) is 23.2 Å². The largest absolute Gasteiger partial charge is 0.299 e. The van der Waals surface area contributed by atoms with Crippen molar-refractivity contribution in [2.75, 3.05) is 0 Å². The second kappa shape index (κ2) is 3.92. The quantitative estimate of drug-likeness (QED) is 0.640. The van der Waals surface area contributed by atoms with Crippen molar-refractivity contribution in [3.63, 3.8) is 0 Å². The van der Waals surface area contributed by atoms with Gasteiger partial charge < -0.3 is 0 Å². The van der Waals surface area contributed by atoms with Gasteiger partial charge in [0.2, 0.25) is 0 Å². The third kappa shape index (κ3) is 1.74. The topological polar surface area (TPSA) is 17.1 Å². The van der Waals surface area contributed by atoms with E-state index in [2.05, 4.69) is 20.8 Å². The van der Waals surface area contributed by atoms with Crippen LogP contribution in [0.25, 0.3) is 0 Å². The van der Waals surface area contributed by atoms with E-state index >= 15 is 0 Å². The summed E-state index contributed by atoms with van der Waals surface area (Å²) in [6, 6.07) is 0. The minimum atomic E-state index is 0.104. The van der Waals surface area contributed by atoms with Gasteiger partial charge in [-0.15, -0.1) is 0 Å². The molecule has 2 unspecified atom stereocenters. The Morgan fingerprint density at radius 1 is 1.33 bits per heavy atom. The zero-order valence-electron chi connectivity index (χ0n) is 10.4. The molecule has 1 nitrogen and oxygen atoms in total. The first-order valence-electron chi connectivity index (χ1n) is 6.59. The van der Waals surface area contributed by atoms with E-state index in [-0.39, 0.29) is 5.41 Å². The molecular formula is C14H24O. The number of hydrogen-bond acceptors (Lipinski definition) is 1. The Morgan fingerprint density at radius 3 is 2.60 bits per heavy atom. The summed E-state index contributed by atoms with van der Waals surface area (Å²) >= 11 is 0. The second-order valence-electron chi connectivity index (χ2n) is 6.12. The lowest BCUT2D eigenvalue weighted by Gasteiger charge is -2.43. The maximum absolute atomic E-state index is 12.1. The van der Waals surface area contributed by atoms with Crippen LogP contribution in [0.3, 0.4) is 0 Å². The first-order chi connectivity index (χ1) is 7.06. The molecule has 0 aromatic heterocycles. The van der Waals surface area contributed by atoms with Crippen molar-refractivity contribution in [2.24, 2.45) is 23.2 Å². The zero-order chi connectivity index (χ0) is 11.1. The molecule has 0 aromatic carbocycles. The molecule has 0 saturated heterocycles. The average Bonchev–Trinajstić information content (AvgIpc) is 2.54. The van der Waals surface area contributed by atoms with Crippen LogP contribution in [0.15, 0.2) is 0 Å². The van der Waals surface area contributed by atoms with Gasteiger partial charge in [-0.3, -0.25) is 4.79 Å². The monoisotopic (exact) mass is 208 g/mol. The molecule has 0 radical (unpaired) electrons. The van der Waals surface area contributed by atoms with Gasteiger partial charge in [-0.1, -0.05) is 20.8 Å². The fraction of sp³-hybridized carbons (Fsp3) is 0.929. The molecule has 0 aliphatic heterocycles. The van der Waals surface area contributed by atoms with Gasteiger partial charge in [0, 0.05) is 11.8 Å². The predicted molar refractivity (Wildman–Crippen MR) is 62.6 cm³/mol. The maximum atomic E-state index is 12.1. The van der Waals surface area contributed by atoms with Gasteiger partial charge in [0.1, 0.15) is 5.78 Å². The Kier molecular flexibility index (Phi) is 2.92. The molecule has 86 valence electrons. The highest BCUT2D eigenvalue weighted by Gasteiger charge is 2.49. The first-order valence-corrected chi connectivity index (χ1v) is 6.59. The van der Waals surface area contributed by atoms with Crippen molar-refractivity contribution in [1.82, 2.24) is 0 Å². The summed E-state index contributed by atoms with van der Waals surface area (Å²) in [6.45, 7) is 6.93. The van der Waals surface area contributed by atoms with Gasteiger partial charge in [0.15, 0.2) is 0 Å². The third-order valence-electron chi connectivity index (χ3n) is 5.07. The molecule has 2 saturated carbocycles. The van der Waals surface area contributed by atoms with E-state index in [0.29, 0.717) is 11.7 Å². The molecule has 3 atom stereocenters. The van der Waals surface area contributed by atoms with Crippen LogP contribution in [0.5, 0.6) is 0 Å². The minimum Gasteiger partial charge on any atom is -0.299 e. The van der Waals surface area contributed by atoms with Crippen molar-refractivity contribution >= 4 is 5.78 Å². The smallest absolute Gasteiger partial charge is 0.139 e. The number of Topliss-reactive ketones (excluding diaryl/α,β-unsaturated/α-hetero) is 1. The molecular weight excluding hydrogens is 184 g/mol. The van der Waals surface area contributed by atoms with Crippen LogP contribution < -0.4 is 0 Å². The van der Waals surface area contributed by atoms with Crippen LogP contribution in [0.2, 0.25) is 0 Å². The lowest BCUT2D eigenvalue weighted by molar-refractivity contribution is -0.131. The van der Waals surface area contributed by atoms with E-state index in [9.17, 15) is 4.79 Å². The van der Waals surface area contributed by atoms with Crippen LogP contribution in [-0.4, -0.2) is 5.78 Å². The van der Waals surface area contributed by atoms with Crippen LogP contribution in [0.1, 0.15) is 59.3 Å². The summed E-state index contributed by atoms with van der Waals surface area (Å²) in [5, 5.41) is 0. The highest BCUT2D eigenvalue weighted by Crippen LogP contribution is 2.53. The van der Waals surface area contributed by atoms with Gasteiger partial charge in [-0.25, -0.2) is 0 Å². The van der Waals surface area contributed by atoms with E-state index in [1.807, 2.05) is 0 Å². The van der Waals surface area contributed by atoms with Gasteiger partial charge >= 0.3 is 0 Å². The van der Waals surface area contributed by atoms with Gasteiger partial charge in [-0.2, -0.15) is 0 Å². The van der Waals surface area contributed by atoms with E-state index in [4.69, 9.17) is 0 Å². The van der Waals surface area contributed by atoms with E-state index in [1.165, 1.54) is 25.7 Å². The fourth-order valence-corrected chi connectivity index (χ4v) is 3.77. The molecule has 0 N–H and O–H groups in total. The fourth-order valence-electron chi connectivity index (χ4n) is 3.77. The normalized spacial score (nSPS) is 41.7. The lowest BCUT2D eigenvalue weighted by atomic mass is 9.60. The number of rotatable bonds is 1. The summed E-state index contributed by atoms with van der Waals surface area (Å²) < 4.78 is 0. The molecule has 2 rings (SSSR count). The number of hydrogen-bond donors (Lipinski definition) is 0. The van der Waals surface area contributed by atoms with Crippen LogP contribution >= 0.6 is 0 Å². The Hall–Kier alpha value is -0.330. The Labute approximate surface area is 93.6 Å². The second-order valence-corrected chi connectivity index (χ2v) is 6.12. The number of carbonyl (C=O) groups excluding carboxylic acids is 1. The summed E-state index contributed by atoms with van der Waals surface area (Å²) in [5.74, 6) is 2.77. The highest BCUT2D eigenvalue weighted by atomic mass is 16.1. The average molecular weight is 208 g/mol. The molecule has 0 aromatic rings. The Bertz CT molecular complexity index is 256. The molecule has 15 heavy (non-hydrogen) atoms. The van der Waals surface area contributed by atoms with Crippen LogP contribution in [-0.2, 0) is 4.79 Å². The maximum Gasteiger partial charge on any atom is 0.139 e. The predicted octanol–water partition coefficient (Wildman–Crippen LogP) is 3.82. The summed E-state index contributed by atoms with van der Waals surface area (Å²) in [4.78, 5) is 12.1. The summed E-state index contributed by atoms with van der Waals surface area (Å²) in [6.07, 6.45) is 6.98. The Balaban J connectivity index is 2.18. The Morgan fingerprint density at radius 2 is 2.07 bits per heavy atom. The number of ketones is 1. The zero-order valence-corrected chi connectivity index (χ0v) is 10.4. The highest BCUT2D eigenvalue weighted by molar-refractivity contribution is 5.87. The summed E-state index contributed by atoms with van der Waals surface area (Å²) in [7, 11) is 0. The van der Waals surface area contributed by atoms with Crippen molar-refractivity contribution in [1.29, 1.82) is 0 Å². The number of carbonyl (C=O) groups is 1. The lowest BCUT2D eigenvalue weighted by Crippen LogP contribution is -2.40. The molecule has 2 fully saturated rings. The molecule has 0 heterocycles. The minimum absolute atomic E-state index is 0.104. The van der Waals surface area contributed by atoms with E-state index in [1.54, 1.807) is 0 Å². The molecule has 0 amide bonds. The molecule has 1 heteroatoms. The van der Waals surface area contributed by atoms with Crippen molar-refractivity contribution in [3.05, 3.63) is 0 Å². The van der Waals surface area contributed by atoms with E-state index in [0.717, 1.165) is 24.7 Å². The molecule has 1 spiro atoms. The van der Waals surface area contributed by atoms with Gasteiger partial charge in [0.25, 0.3) is 0 Å². The SMILES string of the molecule is CC(C)C1CCC(C)[C@@]2(CCCC2=O)C1. The molecule has 0 bridgehead atoms. The van der Waals surface area contributed by atoms with Gasteiger partial charge in [0.05, 0.1) is 0 Å².